The molecular formula is C71H55NS. The van der Waals surface area contributed by atoms with Crippen molar-refractivity contribution < 1.29 is 0 Å². The van der Waals surface area contributed by atoms with Crippen LogP contribution in [0.3, 0.4) is 0 Å². The molecule has 2 spiro atoms. The summed E-state index contributed by atoms with van der Waals surface area (Å²) in [6, 6.07) is 90.3. The van der Waals surface area contributed by atoms with Crippen molar-refractivity contribution in [1.82, 2.24) is 0 Å². The zero-order chi connectivity index (χ0) is 48.3. The van der Waals surface area contributed by atoms with Crippen molar-refractivity contribution in [3.05, 3.63) is 270 Å². The van der Waals surface area contributed by atoms with Gasteiger partial charge in [0.15, 0.2) is 0 Å². The molecular weight excluding hydrogens is 899 g/mol. The first kappa shape index (κ1) is 42.9. The van der Waals surface area contributed by atoms with Crippen molar-refractivity contribution in [1.29, 1.82) is 0 Å². The van der Waals surface area contributed by atoms with Gasteiger partial charge in [0.2, 0.25) is 0 Å². The van der Waals surface area contributed by atoms with Crippen LogP contribution in [0.5, 0.6) is 0 Å². The minimum atomic E-state index is -0.481. The second-order valence-corrected chi connectivity index (χ2v) is 22.6. The Kier molecular flexibility index (Phi) is 9.77. The molecule has 73 heavy (non-hydrogen) atoms. The molecule has 2 bridgehead atoms. The molecule has 10 aromatic carbocycles. The van der Waals surface area contributed by atoms with Gasteiger partial charge >= 0.3 is 0 Å². The summed E-state index contributed by atoms with van der Waals surface area (Å²) in [5.41, 5.74) is 21.9. The molecule has 2 fully saturated rings. The van der Waals surface area contributed by atoms with E-state index in [4.69, 9.17) is 0 Å². The quantitative estimate of drug-likeness (QED) is 0.161. The van der Waals surface area contributed by atoms with Crippen molar-refractivity contribution in [2.24, 2.45) is 17.8 Å². The second-order valence-electron chi connectivity index (χ2n) is 21.5. The van der Waals surface area contributed by atoms with Gasteiger partial charge in [-0.2, -0.15) is 0 Å². The van der Waals surface area contributed by atoms with Crippen molar-refractivity contribution in [2.75, 3.05) is 4.90 Å². The highest BCUT2D eigenvalue weighted by Crippen LogP contribution is 2.69. The predicted octanol–water partition coefficient (Wildman–Crippen LogP) is 19.3. The molecule has 350 valence electrons. The van der Waals surface area contributed by atoms with E-state index in [1.54, 1.807) is 11.1 Å². The molecule has 0 amide bonds. The van der Waals surface area contributed by atoms with E-state index < -0.39 is 5.41 Å². The van der Waals surface area contributed by atoms with Crippen molar-refractivity contribution in [3.8, 4) is 44.5 Å². The molecule has 15 rings (SSSR count). The molecule has 2 heteroatoms. The molecule has 1 aromatic heterocycles. The summed E-state index contributed by atoms with van der Waals surface area (Å²) in [7, 11) is 0. The molecule has 0 radical (unpaired) electrons. The summed E-state index contributed by atoms with van der Waals surface area (Å²) in [6.07, 6.45) is 6.45. The second kappa shape index (κ2) is 16.6. The van der Waals surface area contributed by atoms with Crippen LogP contribution in [0.1, 0.15) is 72.4 Å². The third kappa shape index (κ3) is 6.20. The number of fused-ring (bicyclic) bond motifs is 12. The summed E-state index contributed by atoms with van der Waals surface area (Å²) in [4.78, 5) is 2.53. The summed E-state index contributed by atoms with van der Waals surface area (Å²) in [5, 5.41) is 2.66. The van der Waals surface area contributed by atoms with Gasteiger partial charge < -0.3 is 4.90 Å². The Morgan fingerprint density at radius 1 is 0.384 bits per heavy atom. The zero-order valence-corrected chi connectivity index (χ0v) is 42.0. The number of rotatable bonds is 6. The summed E-state index contributed by atoms with van der Waals surface area (Å²) < 4.78 is 2.65. The first-order valence-electron chi connectivity index (χ1n) is 26.6. The molecule has 2 unspecified atom stereocenters. The van der Waals surface area contributed by atoms with Gasteiger partial charge in [0.1, 0.15) is 0 Å². The Hall–Kier alpha value is -7.78. The largest absolute Gasteiger partial charge is 0.310 e. The fraction of sp³-hybridized carbons (Fsp3) is 0.155. The molecule has 4 aliphatic rings. The SMILES string of the molecule is CC1C[C@H]2CCC[C@@H](C1)C21c2ccccc2C2(c3ccccc3-c3ccccc32)c2cc(N(c3ccc(-c4ccccc4)cc3)c3ccc(-c4ccccc4-c4cccc5sc6ccccc6c45)cc3)ccc21. The van der Waals surface area contributed by atoms with Crippen LogP contribution >= 0.6 is 11.3 Å². The Morgan fingerprint density at radius 3 is 1.59 bits per heavy atom. The highest BCUT2D eigenvalue weighted by Gasteiger charge is 2.62. The van der Waals surface area contributed by atoms with E-state index in [9.17, 15) is 0 Å². The van der Waals surface area contributed by atoms with Crippen molar-refractivity contribution >= 4 is 48.6 Å². The van der Waals surface area contributed by atoms with Crippen LogP contribution in [0.2, 0.25) is 0 Å². The Morgan fingerprint density at radius 2 is 0.890 bits per heavy atom. The maximum Gasteiger partial charge on any atom is 0.0720 e. The van der Waals surface area contributed by atoms with Crippen LogP contribution in [0.4, 0.5) is 17.1 Å². The minimum absolute atomic E-state index is 0.0518. The van der Waals surface area contributed by atoms with Gasteiger partial charge in [-0.1, -0.05) is 201 Å². The van der Waals surface area contributed by atoms with Gasteiger partial charge in [0.25, 0.3) is 0 Å². The Bertz CT molecular complexity index is 3880. The van der Waals surface area contributed by atoms with Gasteiger partial charge in [-0.15, -0.1) is 11.3 Å². The van der Waals surface area contributed by atoms with Crippen LogP contribution in [0, 0.1) is 17.8 Å². The zero-order valence-electron chi connectivity index (χ0n) is 41.1. The van der Waals surface area contributed by atoms with E-state index >= 15 is 0 Å². The highest BCUT2D eigenvalue weighted by molar-refractivity contribution is 7.25. The van der Waals surface area contributed by atoms with Gasteiger partial charge in [-0.25, -0.2) is 0 Å². The molecule has 0 saturated heterocycles. The normalized spacial score (nSPS) is 19.9. The van der Waals surface area contributed by atoms with Gasteiger partial charge in [0.05, 0.1) is 5.41 Å². The number of nitrogens with zero attached hydrogens (tertiary/aromatic N) is 1. The molecule has 0 aliphatic heterocycles. The van der Waals surface area contributed by atoms with Crippen LogP contribution in [0.25, 0.3) is 64.7 Å². The van der Waals surface area contributed by atoms with Gasteiger partial charge in [-0.3, -0.25) is 0 Å². The standard InChI is InChI=1S/C71H55NS/c1-46-43-50-19-15-20-51(44-46)70(50)63-29-12-13-30-64(63)71(61-27-10-7-23-57(61)58-24-8-11-28-62(58)71)66-45-54(41-42-65(66)70)72(52-37-33-48(34-38-52)47-17-3-2-4-18-47)53-39-35-49(36-40-53)55-21-5-6-22-56(55)59-26-16-32-68-69(59)60-25-9-14-31-67(60)73-68/h2-14,16-18,21-42,45-46,50-51H,15,19-20,43-44H2,1H3/t46?,50-,51+,70?. The number of hydrogen-bond acceptors (Lipinski definition) is 2. The Labute approximate surface area is 433 Å². The molecule has 4 atom stereocenters. The first-order valence-corrected chi connectivity index (χ1v) is 27.4. The van der Waals surface area contributed by atoms with E-state index in [1.165, 1.54) is 125 Å². The van der Waals surface area contributed by atoms with E-state index in [1.807, 2.05) is 11.3 Å². The lowest BCUT2D eigenvalue weighted by Gasteiger charge is -2.60. The summed E-state index contributed by atoms with van der Waals surface area (Å²) >= 11 is 1.88. The van der Waals surface area contributed by atoms with Crippen molar-refractivity contribution in [3.63, 3.8) is 0 Å². The lowest BCUT2D eigenvalue weighted by atomic mass is 9.42. The third-order valence-corrected chi connectivity index (χ3v) is 19.0. The Balaban J connectivity index is 0.950. The molecule has 0 N–H and O–H groups in total. The number of anilines is 3. The maximum absolute atomic E-state index is 2.65. The fourth-order valence-electron chi connectivity index (χ4n) is 15.2. The topological polar surface area (TPSA) is 3.24 Å². The summed E-state index contributed by atoms with van der Waals surface area (Å²) in [6.45, 7) is 2.53. The summed E-state index contributed by atoms with van der Waals surface area (Å²) in [5.74, 6) is 1.91. The van der Waals surface area contributed by atoms with Crippen LogP contribution in [0.15, 0.2) is 237 Å². The highest BCUT2D eigenvalue weighted by atomic mass is 32.1. The predicted molar refractivity (Wildman–Crippen MR) is 308 cm³/mol. The number of thiophene rings is 1. The van der Waals surface area contributed by atoms with Crippen LogP contribution in [-0.2, 0) is 10.8 Å². The van der Waals surface area contributed by atoms with Crippen LogP contribution < -0.4 is 4.90 Å². The molecule has 2 saturated carbocycles. The monoisotopic (exact) mass is 953 g/mol. The first-order chi connectivity index (χ1) is 36.1. The number of hydrogen-bond donors (Lipinski definition) is 0. The third-order valence-electron chi connectivity index (χ3n) is 17.9. The average Bonchev–Trinajstić information content (AvgIpc) is 4.09. The average molecular weight is 954 g/mol. The molecule has 4 aliphatic carbocycles. The molecule has 1 nitrogen and oxygen atoms in total. The smallest absolute Gasteiger partial charge is 0.0720 e. The van der Waals surface area contributed by atoms with E-state index in [2.05, 4.69) is 248 Å². The lowest BCUT2D eigenvalue weighted by molar-refractivity contribution is 0.0495. The fourth-order valence-corrected chi connectivity index (χ4v) is 16.3. The van der Waals surface area contributed by atoms with E-state index in [0.29, 0.717) is 11.8 Å². The lowest BCUT2D eigenvalue weighted by Crippen LogP contribution is -2.55. The van der Waals surface area contributed by atoms with Crippen LogP contribution in [-0.4, -0.2) is 0 Å². The van der Waals surface area contributed by atoms with Gasteiger partial charge in [0, 0.05) is 42.6 Å². The van der Waals surface area contributed by atoms with E-state index in [-0.39, 0.29) is 5.41 Å². The van der Waals surface area contributed by atoms with E-state index in [0.717, 1.165) is 17.3 Å². The van der Waals surface area contributed by atoms with Gasteiger partial charge in [-0.05, 0) is 170 Å². The number of benzene rings is 10. The maximum atomic E-state index is 2.65. The molecule has 11 aromatic rings. The minimum Gasteiger partial charge on any atom is -0.310 e. The van der Waals surface area contributed by atoms with Crippen molar-refractivity contribution in [2.45, 2.75) is 49.9 Å². The molecule has 1 heterocycles.